The number of ether oxygens (including phenoxy) is 3. The Bertz CT molecular complexity index is 2870. The molecule has 0 radical (unpaired) electrons. The Balaban J connectivity index is 0.991. The highest BCUT2D eigenvalue weighted by molar-refractivity contribution is 5.98. The second kappa shape index (κ2) is 23.6. The third-order valence-electron chi connectivity index (χ3n) is 12.9. The number of cyclic esters (lactones) is 1. The van der Waals surface area contributed by atoms with Gasteiger partial charge in [-0.2, -0.15) is 0 Å². The number of nitrogens with zero attached hydrogens (tertiary/aromatic N) is 4. The monoisotopic (exact) mass is 1010 g/mol. The maximum atomic E-state index is 13.7. The number of esters is 1. The SMILES string of the molecule is CCc1c2c(nc3ccc(OC(=O)N(C)CCN(C)C(=O)OCc4ccc(NC(=O)[C@H](CCCNC(N)=O)NC(=O)[C@H](C)NC(=O)CCC(=O)C(C)C)cc4)cc13)-c1cc3c(c(=O)n1C2)COC(=O)[C@]3(O)CC. The third kappa shape index (κ3) is 12.8. The number of urea groups is 1. The van der Waals surface area contributed by atoms with Crippen LogP contribution in [0.4, 0.5) is 20.1 Å². The van der Waals surface area contributed by atoms with E-state index < -0.39 is 59.6 Å². The maximum Gasteiger partial charge on any atom is 0.415 e. The summed E-state index contributed by atoms with van der Waals surface area (Å²) in [6, 6.07) is 10.3. The van der Waals surface area contributed by atoms with Crippen molar-refractivity contribution >= 4 is 64.3 Å². The van der Waals surface area contributed by atoms with Gasteiger partial charge in [0.1, 0.15) is 36.8 Å². The Labute approximate surface area is 421 Å². The van der Waals surface area contributed by atoms with Gasteiger partial charge < -0.3 is 60.7 Å². The number of Topliss-reactive ketones (excluding diaryl/α,β-unsaturated/α-hetero) is 1. The largest absolute Gasteiger partial charge is 0.458 e. The van der Waals surface area contributed by atoms with E-state index in [-0.39, 0.29) is 106 Å². The van der Waals surface area contributed by atoms with Crippen LogP contribution in [0.3, 0.4) is 0 Å². The lowest BCUT2D eigenvalue weighted by molar-refractivity contribution is -0.172. The second-order valence-electron chi connectivity index (χ2n) is 18.4. The first-order valence-corrected chi connectivity index (χ1v) is 24.1. The van der Waals surface area contributed by atoms with Crippen LogP contribution in [0.5, 0.6) is 5.75 Å². The van der Waals surface area contributed by atoms with Crippen LogP contribution in [-0.2, 0) is 65.2 Å². The van der Waals surface area contributed by atoms with E-state index in [9.17, 15) is 48.3 Å². The number of ketones is 1. The van der Waals surface area contributed by atoms with Gasteiger partial charge in [0.15, 0.2) is 5.60 Å². The molecule has 7 amide bonds. The number of primary amides is 1. The predicted octanol–water partition coefficient (Wildman–Crippen LogP) is 3.72. The molecule has 0 spiro atoms. The smallest absolute Gasteiger partial charge is 0.415 e. The molecule has 0 bridgehead atoms. The number of aliphatic hydroxyl groups is 1. The van der Waals surface area contributed by atoms with Gasteiger partial charge in [-0.25, -0.2) is 24.2 Å². The van der Waals surface area contributed by atoms with Crippen LogP contribution in [0.15, 0.2) is 53.3 Å². The molecule has 2 aliphatic heterocycles. The van der Waals surface area contributed by atoms with Gasteiger partial charge in [-0.3, -0.25) is 24.0 Å². The van der Waals surface area contributed by atoms with Crippen molar-refractivity contribution in [3.63, 3.8) is 0 Å². The molecule has 4 aromatic rings. The molecule has 2 aliphatic rings. The van der Waals surface area contributed by atoms with Crippen molar-refractivity contribution in [2.24, 2.45) is 11.7 Å². The number of hydrogen-bond donors (Lipinski definition) is 6. The molecular weight excluding hydrogens is 947 g/mol. The minimum Gasteiger partial charge on any atom is -0.458 e. The van der Waals surface area contributed by atoms with E-state index in [1.54, 1.807) is 73.9 Å². The standard InChI is InChI=1S/C51H63N9O13/c1-8-33-34-23-32(16-17-38(34)56-43-35(33)25-60-40(43)24-37-36(46(60)65)27-71-47(66)51(37,70)9-2)73-50(69)59(7)22-21-58(6)49(68)72-26-30-12-14-31(15-13-30)55-45(64)39(11-10-20-53-48(52)67)57-44(63)29(5)54-42(62)19-18-41(61)28(3)4/h12-17,23-24,28-29,39,70H,8-11,18-22,25-27H2,1-7H3,(H,54,62)(H,55,64)(H,57,63)(H3,52,53,67)/t29-,39-,51-/m0/s1. The first-order valence-electron chi connectivity index (χ1n) is 24.1. The summed E-state index contributed by atoms with van der Waals surface area (Å²) in [6.45, 7) is 8.76. The lowest BCUT2D eigenvalue weighted by Gasteiger charge is -2.31. The van der Waals surface area contributed by atoms with Crippen molar-refractivity contribution in [1.29, 1.82) is 0 Å². The molecule has 2 aromatic carbocycles. The van der Waals surface area contributed by atoms with Crippen LogP contribution in [0.1, 0.15) is 94.5 Å². The molecule has 390 valence electrons. The fourth-order valence-corrected chi connectivity index (χ4v) is 8.43. The quantitative estimate of drug-likeness (QED) is 0.0451. The highest BCUT2D eigenvalue weighted by atomic mass is 16.6. The van der Waals surface area contributed by atoms with Crippen LogP contribution in [0.25, 0.3) is 22.3 Å². The van der Waals surface area contributed by atoms with Gasteiger partial charge in [0.25, 0.3) is 5.56 Å². The van der Waals surface area contributed by atoms with Crippen molar-refractivity contribution < 1.29 is 57.7 Å². The fraction of sp³-hybridized carbons (Fsp3) is 0.451. The number of nitrogens with two attached hydrogens (primary N) is 1. The number of hydrogen-bond acceptors (Lipinski definition) is 14. The molecule has 2 aromatic heterocycles. The zero-order valence-electron chi connectivity index (χ0n) is 42.0. The number of carbonyl (C=O) groups excluding carboxylic acids is 8. The van der Waals surface area contributed by atoms with E-state index in [2.05, 4.69) is 21.3 Å². The van der Waals surface area contributed by atoms with Gasteiger partial charge in [0.05, 0.1) is 29.0 Å². The lowest BCUT2D eigenvalue weighted by atomic mass is 9.86. The zero-order valence-corrected chi connectivity index (χ0v) is 42.0. The third-order valence-corrected chi connectivity index (χ3v) is 12.9. The van der Waals surface area contributed by atoms with Crippen molar-refractivity contribution in [2.75, 3.05) is 39.0 Å². The van der Waals surface area contributed by atoms with E-state index in [1.807, 2.05) is 6.92 Å². The van der Waals surface area contributed by atoms with E-state index in [4.69, 9.17) is 24.9 Å². The van der Waals surface area contributed by atoms with Gasteiger partial charge in [-0.1, -0.05) is 39.8 Å². The molecule has 6 rings (SSSR count). The van der Waals surface area contributed by atoms with Gasteiger partial charge in [0, 0.05) is 74.7 Å². The molecule has 73 heavy (non-hydrogen) atoms. The molecule has 4 heterocycles. The molecule has 0 fully saturated rings. The number of aryl methyl sites for hydroxylation is 1. The zero-order chi connectivity index (χ0) is 53.3. The Morgan fingerprint density at radius 3 is 2.26 bits per heavy atom. The van der Waals surface area contributed by atoms with Crippen LogP contribution in [0.2, 0.25) is 0 Å². The van der Waals surface area contributed by atoms with Gasteiger partial charge in [-0.15, -0.1) is 0 Å². The summed E-state index contributed by atoms with van der Waals surface area (Å²) in [5.74, 6) is -2.53. The van der Waals surface area contributed by atoms with Crippen molar-refractivity contribution in [2.45, 2.75) is 111 Å². The molecule has 0 aliphatic carbocycles. The highest BCUT2D eigenvalue weighted by Gasteiger charge is 2.45. The van der Waals surface area contributed by atoms with Crippen molar-refractivity contribution in [1.82, 2.24) is 35.3 Å². The average Bonchev–Trinajstić information content (AvgIpc) is 3.73. The molecule has 0 saturated heterocycles. The number of aromatic nitrogens is 2. The number of carbonyl (C=O) groups is 8. The van der Waals surface area contributed by atoms with Gasteiger partial charge >= 0.3 is 24.2 Å². The molecule has 22 nitrogen and oxygen atoms in total. The number of likely N-dealkylation sites (N-methyl/N-ethyl adjacent to an activating group) is 2. The van der Waals surface area contributed by atoms with E-state index in [1.165, 1.54) is 30.8 Å². The van der Waals surface area contributed by atoms with Crippen LogP contribution >= 0.6 is 0 Å². The molecule has 3 atom stereocenters. The molecule has 0 saturated carbocycles. The summed E-state index contributed by atoms with van der Waals surface area (Å²) in [4.78, 5) is 122. The number of nitrogens with one attached hydrogen (secondary N) is 4. The normalized spacial score (nSPS) is 15.2. The topological polar surface area (TPSA) is 300 Å². The lowest BCUT2D eigenvalue weighted by Crippen LogP contribution is -2.51. The molecule has 22 heteroatoms. The predicted molar refractivity (Wildman–Crippen MR) is 266 cm³/mol. The summed E-state index contributed by atoms with van der Waals surface area (Å²) in [5, 5.41) is 22.3. The summed E-state index contributed by atoms with van der Waals surface area (Å²) in [7, 11) is 3.05. The Hall–Kier alpha value is -7.88. The average molecular weight is 1010 g/mol. The molecular formula is C51H63N9O13. The Kier molecular flexibility index (Phi) is 17.6. The van der Waals surface area contributed by atoms with E-state index in [0.29, 0.717) is 34.6 Å². The number of benzene rings is 2. The van der Waals surface area contributed by atoms with Crippen molar-refractivity contribution in [3.8, 4) is 17.1 Å². The molecule has 0 unspecified atom stereocenters. The number of rotatable bonds is 21. The fourth-order valence-electron chi connectivity index (χ4n) is 8.43. The summed E-state index contributed by atoms with van der Waals surface area (Å²) >= 11 is 0. The minimum atomic E-state index is -1.95. The first kappa shape index (κ1) is 54.5. The van der Waals surface area contributed by atoms with Crippen molar-refractivity contribution in [3.05, 3.63) is 86.7 Å². The number of anilines is 1. The van der Waals surface area contributed by atoms with E-state index in [0.717, 1.165) is 16.5 Å². The summed E-state index contributed by atoms with van der Waals surface area (Å²) < 4.78 is 18.0. The summed E-state index contributed by atoms with van der Waals surface area (Å²) in [5.41, 5.74) is 7.63. The summed E-state index contributed by atoms with van der Waals surface area (Å²) in [6.07, 6.45) is -0.390. The Morgan fingerprint density at radius 1 is 0.904 bits per heavy atom. The Morgan fingerprint density at radius 2 is 1.60 bits per heavy atom. The van der Waals surface area contributed by atoms with E-state index >= 15 is 0 Å². The second-order valence-corrected chi connectivity index (χ2v) is 18.4. The maximum absolute atomic E-state index is 13.7. The van der Waals surface area contributed by atoms with Crippen LogP contribution in [0, 0.1) is 5.92 Å². The van der Waals surface area contributed by atoms with Gasteiger partial charge in [-0.05, 0) is 80.1 Å². The molecule has 7 N–H and O–H groups in total. The van der Waals surface area contributed by atoms with Crippen LogP contribution in [-0.4, -0.2) is 118 Å². The van der Waals surface area contributed by atoms with Gasteiger partial charge in [0.2, 0.25) is 17.7 Å². The number of pyridine rings is 2. The van der Waals surface area contributed by atoms with Crippen LogP contribution < -0.4 is 37.3 Å². The first-order chi connectivity index (χ1) is 34.6. The number of fused-ring (bicyclic) bond motifs is 5. The number of amides is 7. The highest BCUT2D eigenvalue weighted by Crippen LogP contribution is 2.41. The minimum absolute atomic E-state index is 0.0278.